The summed E-state index contributed by atoms with van der Waals surface area (Å²) in [5.74, 6) is -0.520. The van der Waals surface area contributed by atoms with E-state index in [4.69, 9.17) is 4.74 Å². The number of hydrogen-bond acceptors (Lipinski definition) is 5. The molecule has 2 rings (SSSR count). The Morgan fingerprint density at radius 3 is 2.58 bits per heavy atom. The van der Waals surface area contributed by atoms with Gasteiger partial charge < -0.3 is 10.1 Å². The molecule has 0 radical (unpaired) electrons. The molecule has 0 saturated carbocycles. The second kappa shape index (κ2) is 6.98. The predicted molar refractivity (Wildman–Crippen MR) is 90.7 cm³/mol. The van der Waals surface area contributed by atoms with Crippen molar-refractivity contribution in [3.8, 4) is 0 Å². The minimum absolute atomic E-state index is 0.244. The van der Waals surface area contributed by atoms with Gasteiger partial charge in [0.2, 0.25) is 0 Å². The number of nitrogens with zero attached hydrogens (tertiary/aromatic N) is 3. The van der Waals surface area contributed by atoms with Crippen LogP contribution < -0.4 is 5.32 Å². The molecule has 7 nitrogen and oxygen atoms in total. The van der Waals surface area contributed by atoms with Crippen molar-refractivity contribution >= 4 is 22.9 Å². The summed E-state index contributed by atoms with van der Waals surface area (Å²) in [4.78, 5) is 29.2. The van der Waals surface area contributed by atoms with Crippen LogP contribution in [-0.4, -0.2) is 39.8 Å². The average molecular weight is 332 g/mol. The lowest BCUT2D eigenvalue weighted by molar-refractivity contribution is -0.143. The zero-order valence-electron chi connectivity index (χ0n) is 15.0. The summed E-state index contributed by atoms with van der Waals surface area (Å²) in [6.45, 7) is 7.64. The third kappa shape index (κ3) is 3.55. The summed E-state index contributed by atoms with van der Waals surface area (Å²) in [6.07, 6.45) is 0.512. The average Bonchev–Trinajstić information content (AvgIpc) is 2.79. The van der Waals surface area contributed by atoms with Crippen LogP contribution in [0.15, 0.2) is 6.07 Å². The standard InChI is InChI=1S/C17H24N4O3/c1-9(2)7-13(17(23)24-6)19-16(22)12-8-10(3)18-15-14(12)11(4)20-21(15)5/h8-9,13H,7H2,1-6H3,(H,19,22)/t13-/m1/s1. The van der Waals surface area contributed by atoms with Crippen molar-refractivity contribution in [2.24, 2.45) is 13.0 Å². The lowest BCUT2D eigenvalue weighted by atomic mass is 10.0. The molecule has 24 heavy (non-hydrogen) atoms. The molecule has 0 aliphatic rings. The van der Waals surface area contributed by atoms with Gasteiger partial charge in [0.05, 0.1) is 23.8 Å². The number of carbonyl (C=O) groups is 2. The largest absolute Gasteiger partial charge is 0.467 e. The van der Waals surface area contributed by atoms with Crippen molar-refractivity contribution < 1.29 is 14.3 Å². The van der Waals surface area contributed by atoms with Crippen LogP contribution >= 0.6 is 0 Å². The molecule has 0 fully saturated rings. The minimum atomic E-state index is -0.678. The molecule has 0 bridgehead atoms. The van der Waals surface area contributed by atoms with Gasteiger partial charge in [-0.05, 0) is 32.3 Å². The molecule has 0 unspecified atom stereocenters. The van der Waals surface area contributed by atoms with E-state index in [2.05, 4.69) is 15.4 Å². The molecule has 0 spiro atoms. The molecule has 0 aliphatic carbocycles. The van der Waals surface area contributed by atoms with Crippen molar-refractivity contribution in [3.63, 3.8) is 0 Å². The minimum Gasteiger partial charge on any atom is -0.467 e. The lowest BCUT2D eigenvalue weighted by Crippen LogP contribution is -2.42. The van der Waals surface area contributed by atoms with E-state index in [9.17, 15) is 9.59 Å². The van der Waals surface area contributed by atoms with Crippen LogP contribution in [0.3, 0.4) is 0 Å². The number of esters is 1. The Kier molecular flexibility index (Phi) is 5.21. The van der Waals surface area contributed by atoms with E-state index >= 15 is 0 Å². The topological polar surface area (TPSA) is 86.1 Å². The fraction of sp³-hybridized carbons (Fsp3) is 0.529. The number of pyridine rings is 1. The summed E-state index contributed by atoms with van der Waals surface area (Å²) in [5.41, 5.74) is 2.56. The van der Waals surface area contributed by atoms with E-state index in [0.29, 0.717) is 28.7 Å². The molecule has 1 atom stereocenters. The Balaban J connectivity index is 2.42. The van der Waals surface area contributed by atoms with Gasteiger partial charge in [-0.25, -0.2) is 9.78 Å². The third-order valence-electron chi connectivity index (χ3n) is 3.84. The van der Waals surface area contributed by atoms with Crippen LogP contribution in [0.2, 0.25) is 0 Å². The summed E-state index contributed by atoms with van der Waals surface area (Å²) < 4.78 is 6.46. The van der Waals surface area contributed by atoms with Gasteiger partial charge in [-0.3, -0.25) is 9.48 Å². The molecule has 130 valence electrons. The van der Waals surface area contributed by atoms with Crippen LogP contribution in [0.5, 0.6) is 0 Å². The molecule has 0 aliphatic heterocycles. The van der Waals surface area contributed by atoms with Gasteiger partial charge in [0, 0.05) is 12.7 Å². The smallest absolute Gasteiger partial charge is 0.328 e. The molecule has 0 aromatic carbocycles. The van der Waals surface area contributed by atoms with E-state index in [-0.39, 0.29) is 11.8 Å². The van der Waals surface area contributed by atoms with Crippen LogP contribution in [-0.2, 0) is 16.6 Å². The summed E-state index contributed by atoms with van der Waals surface area (Å²) in [6, 6.07) is 1.04. The van der Waals surface area contributed by atoms with Crippen molar-refractivity contribution in [1.82, 2.24) is 20.1 Å². The van der Waals surface area contributed by atoms with Gasteiger partial charge in [0.25, 0.3) is 5.91 Å². The summed E-state index contributed by atoms with van der Waals surface area (Å²) in [7, 11) is 3.11. The second-order valence-corrected chi connectivity index (χ2v) is 6.40. The van der Waals surface area contributed by atoms with Gasteiger partial charge in [-0.15, -0.1) is 0 Å². The molecule has 2 heterocycles. The van der Waals surface area contributed by atoms with Crippen LogP contribution in [0.25, 0.3) is 11.0 Å². The van der Waals surface area contributed by atoms with Gasteiger partial charge >= 0.3 is 5.97 Å². The van der Waals surface area contributed by atoms with Crippen molar-refractivity contribution in [2.75, 3.05) is 7.11 Å². The number of aromatic nitrogens is 3. The highest BCUT2D eigenvalue weighted by Crippen LogP contribution is 2.22. The zero-order valence-corrected chi connectivity index (χ0v) is 15.0. The van der Waals surface area contributed by atoms with Crippen molar-refractivity contribution in [3.05, 3.63) is 23.0 Å². The number of amides is 1. The van der Waals surface area contributed by atoms with E-state index in [0.717, 1.165) is 5.69 Å². The second-order valence-electron chi connectivity index (χ2n) is 6.40. The molecular formula is C17H24N4O3. The molecule has 2 aromatic heterocycles. The number of aryl methyl sites for hydroxylation is 3. The number of hydrogen-bond donors (Lipinski definition) is 1. The Morgan fingerprint density at radius 2 is 2.00 bits per heavy atom. The number of carbonyl (C=O) groups excluding carboxylic acids is 2. The first-order valence-electron chi connectivity index (χ1n) is 7.94. The van der Waals surface area contributed by atoms with E-state index in [1.165, 1.54) is 7.11 Å². The molecule has 0 saturated heterocycles. The maximum atomic E-state index is 12.8. The fourth-order valence-electron chi connectivity index (χ4n) is 2.81. The van der Waals surface area contributed by atoms with E-state index < -0.39 is 12.0 Å². The van der Waals surface area contributed by atoms with E-state index in [1.54, 1.807) is 17.8 Å². The van der Waals surface area contributed by atoms with Crippen LogP contribution in [0, 0.1) is 19.8 Å². The van der Waals surface area contributed by atoms with Crippen molar-refractivity contribution in [2.45, 2.75) is 40.2 Å². The Labute approximate surface area is 141 Å². The number of fused-ring (bicyclic) bond motifs is 1. The predicted octanol–water partition coefficient (Wildman–Crippen LogP) is 1.90. The Morgan fingerprint density at radius 1 is 1.33 bits per heavy atom. The Hall–Kier alpha value is -2.44. The SMILES string of the molecule is COC(=O)[C@@H](CC(C)C)NC(=O)c1cc(C)nc2c1c(C)nn2C. The maximum absolute atomic E-state index is 12.8. The third-order valence-corrected chi connectivity index (χ3v) is 3.84. The van der Waals surface area contributed by atoms with Gasteiger partial charge in [-0.2, -0.15) is 5.10 Å². The van der Waals surface area contributed by atoms with Gasteiger partial charge in [-0.1, -0.05) is 13.8 Å². The molecule has 1 amide bonds. The zero-order chi connectivity index (χ0) is 18.0. The highest BCUT2D eigenvalue weighted by molar-refractivity contribution is 6.07. The molecular weight excluding hydrogens is 308 g/mol. The highest BCUT2D eigenvalue weighted by atomic mass is 16.5. The van der Waals surface area contributed by atoms with E-state index in [1.807, 2.05) is 27.7 Å². The lowest BCUT2D eigenvalue weighted by Gasteiger charge is -2.18. The van der Waals surface area contributed by atoms with Crippen LogP contribution in [0.4, 0.5) is 0 Å². The van der Waals surface area contributed by atoms with Gasteiger partial charge in [0.15, 0.2) is 5.65 Å². The first kappa shape index (κ1) is 17.9. The summed E-state index contributed by atoms with van der Waals surface area (Å²) >= 11 is 0. The molecule has 2 aromatic rings. The number of rotatable bonds is 5. The first-order chi connectivity index (χ1) is 11.2. The van der Waals surface area contributed by atoms with Crippen molar-refractivity contribution in [1.29, 1.82) is 0 Å². The fourth-order valence-corrected chi connectivity index (χ4v) is 2.81. The normalized spacial score (nSPS) is 12.5. The Bertz CT molecular complexity index is 780. The number of nitrogens with one attached hydrogen (secondary N) is 1. The number of methoxy groups -OCH3 is 1. The highest BCUT2D eigenvalue weighted by Gasteiger charge is 2.25. The van der Waals surface area contributed by atoms with Crippen LogP contribution in [0.1, 0.15) is 42.0 Å². The summed E-state index contributed by atoms with van der Waals surface area (Å²) in [5, 5.41) is 7.83. The first-order valence-corrected chi connectivity index (χ1v) is 7.94. The quantitative estimate of drug-likeness (QED) is 0.845. The number of ether oxygens (including phenoxy) is 1. The van der Waals surface area contributed by atoms with Gasteiger partial charge in [0.1, 0.15) is 6.04 Å². The molecule has 1 N–H and O–H groups in total. The molecule has 7 heteroatoms. The monoisotopic (exact) mass is 332 g/mol. The maximum Gasteiger partial charge on any atom is 0.328 e.